The maximum absolute atomic E-state index is 12.6. The molecule has 1 rings (SSSR count). The zero-order chi connectivity index (χ0) is 16.3. The van der Waals surface area contributed by atoms with E-state index in [2.05, 4.69) is 5.32 Å². The van der Waals surface area contributed by atoms with Gasteiger partial charge in [-0.2, -0.15) is 17.5 Å². The van der Waals surface area contributed by atoms with E-state index in [1.165, 1.54) is 18.3 Å². The van der Waals surface area contributed by atoms with Gasteiger partial charge < -0.3 is 5.32 Å². The first kappa shape index (κ1) is 18.4. The van der Waals surface area contributed by atoms with E-state index in [-0.39, 0.29) is 11.4 Å². The Bertz CT molecular complexity index is 568. The molecule has 0 unspecified atom stereocenters. The van der Waals surface area contributed by atoms with Gasteiger partial charge in [-0.3, -0.25) is 0 Å². The van der Waals surface area contributed by atoms with Crippen LogP contribution in [0.15, 0.2) is 10.3 Å². The minimum absolute atomic E-state index is 0.000417. The van der Waals surface area contributed by atoms with E-state index in [1.54, 1.807) is 12.3 Å². The van der Waals surface area contributed by atoms with Crippen molar-refractivity contribution in [3.05, 3.63) is 15.8 Å². The van der Waals surface area contributed by atoms with E-state index in [0.717, 1.165) is 0 Å². The average molecular weight is 344 g/mol. The first-order valence-corrected chi connectivity index (χ1v) is 8.80. The van der Waals surface area contributed by atoms with Crippen LogP contribution in [0, 0.1) is 6.92 Å². The summed E-state index contributed by atoms with van der Waals surface area (Å²) in [5.74, 6) is 0. The molecule has 0 aliphatic rings. The standard InChI is InChI=1S/C12H19F3N2O2S2/c1-4-16-6-10-11(9(3)7-20-10)21(18,19)17(5-2)8-12(13,14)15/h7,16H,4-6,8H2,1-3H3. The molecule has 0 aromatic carbocycles. The Balaban J connectivity index is 3.19. The number of nitrogens with zero attached hydrogens (tertiary/aromatic N) is 1. The molecule has 122 valence electrons. The molecule has 0 aliphatic heterocycles. The molecule has 0 fully saturated rings. The second-order valence-electron chi connectivity index (χ2n) is 4.50. The summed E-state index contributed by atoms with van der Waals surface area (Å²) < 4.78 is 63.2. The average Bonchev–Trinajstić information content (AvgIpc) is 2.74. The van der Waals surface area contributed by atoms with Gasteiger partial charge in [0.2, 0.25) is 10.0 Å². The molecule has 1 heterocycles. The monoisotopic (exact) mass is 344 g/mol. The van der Waals surface area contributed by atoms with E-state index in [4.69, 9.17) is 0 Å². The van der Waals surface area contributed by atoms with Crippen molar-refractivity contribution in [2.45, 2.75) is 38.4 Å². The highest BCUT2D eigenvalue weighted by Crippen LogP contribution is 2.31. The predicted molar refractivity (Wildman–Crippen MR) is 76.9 cm³/mol. The fourth-order valence-corrected chi connectivity index (χ4v) is 5.06. The molecule has 9 heteroatoms. The maximum atomic E-state index is 12.6. The Morgan fingerprint density at radius 3 is 2.43 bits per heavy atom. The first-order valence-electron chi connectivity index (χ1n) is 6.48. The number of halogens is 3. The van der Waals surface area contributed by atoms with Crippen molar-refractivity contribution in [3.63, 3.8) is 0 Å². The second kappa shape index (κ2) is 7.08. The lowest BCUT2D eigenvalue weighted by Gasteiger charge is -2.22. The molecule has 0 saturated heterocycles. The maximum Gasteiger partial charge on any atom is 0.402 e. The van der Waals surface area contributed by atoms with Gasteiger partial charge in [0.05, 0.1) is 0 Å². The molecule has 0 saturated carbocycles. The van der Waals surface area contributed by atoms with Crippen molar-refractivity contribution < 1.29 is 21.6 Å². The summed E-state index contributed by atoms with van der Waals surface area (Å²) in [6.45, 7) is 4.15. The highest BCUT2D eigenvalue weighted by atomic mass is 32.2. The summed E-state index contributed by atoms with van der Waals surface area (Å²) in [6, 6.07) is 0. The first-order chi connectivity index (χ1) is 9.63. The third kappa shape index (κ3) is 4.67. The fourth-order valence-electron chi connectivity index (χ4n) is 1.89. The molecule has 0 atom stereocenters. The van der Waals surface area contributed by atoms with Crippen LogP contribution in [0.3, 0.4) is 0 Å². The molecule has 21 heavy (non-hydrogen) atoms. The summed E-state index contributed by atoms with van der Waals surface area (Å²) in [7, 11) is -4.15. The number of nitrogens with one attached hydrogen (secondary N) is 1. The molecular formula is C12H19F3N2O2S2. The van der Waals surface area contributed by atoms with E-state index in [0.29, 0.717) is 27.8 Å². The second-order valence-corrected chi connectivity index (χ2v) is 7.34. The quantitative estimate of drug-likeness (QED) is 0.827. The topological polar surface area (TPSA) is 49.4 Å². The lowest BCUT2D eigenvalue weighted by molar-refractivity contribution is -0.135. The van der Waals surface area contributed by atoms with Gasteiger partial charge in [-0.05, 0) is 24.4 Å². The SMILES string of the molecule is CCNCc1scc(C)c1S(=O)(=O)N(CC)CC(F)(F)F. The molecule has 0 amide bonds. The summed E-state index contributed by atoms with van der Waals surface area (Å²) in [6.07, 6.45) is -4.56. The van der Waals surface area contributed by atoms with Crippen molar-refractivity contribution in [3.8, 4) is 0 Å². The van der Waals surface area contributed by atoms with Crippen LogP contribution in [-0.2, 0) is 16.6 Å². The Morgan fingerprint density at radius 2 is 1.95 bits per heavy atom. The molecule has 4 nitrogen and oxygen atoms in total. The van der Waals surface area contributed by atoms with E-state index in [1.807, 2.05) is 6.92 Å². The Labute approximate surface area is 127 Å². The van der Waals surface area contributed by atoms with Gasteiger partial charge in [0.25, 0.3) is 0 Å². The lowest BCUT2D eigenvalue weighted by Crippen LogP contribution is -2.39. The van der Waals surface area contributed by atoms with Gasteiger partial charge in [0.15, 0.2) is 0 Å². The van der Waals surface area contributed by atoms with Crippen molar-refractivity contribution in [1.82, 2.24) is 9.62 Å². The molecule has 0 bridgehead atoms. The van der Waals surface area contributed by atoms with Gasteiger partial charge in [-0.1, -0.05) is 13.8 Å². The third-order valence-electron chi connectivity index (χ3n) is 2.83. The van der Waals surface area contributed by atoms with Crippen LogP contribution >= 0.6 is 11.3 Å². The van der Waals surface area contributed by atoms with Crippen molar-refractivity contribution >= 4 is 21.4 Å². The molecule has 1 aromatic rings. The highest BCUT2D eigenvalue weighted by molar-refractivity contribution is 7.89. The number of alkyl halides is 3. The van der Waals surface area contributed by atoms with Gasteiger partial charge >= 0.3 is 6.18 Å². The molecule has 0 aliphatic carbocycles. The van der Waals surface area contributed by atoms with E-state index >= 15 is 0 Å². The molecule has 0 spiro atoms. The summed E-state index contributed by atoms with van der Waals surface area (Å²) in [5, 5.41) is 4.65. The zero-order valence-corrected chi connectivity index (χ0v) is 13.8. The van der Waals surface area contributed by atoms with Crippen LogP contribution in [0.2, 0.25) is 0 Å². The van der Waals surface area contributed by atoms with Crippen molar-refractivity contribution in [1.29, 1.82) is 0 Å². The number of rotatable bonds is 7. The number of sulfonamides is 1. The Kier molecular flexibility index (Phi) is 6.21. The zero-order valence-electron chi connectivity index (χ0n) is 12.1. The predicted octanol–water partition coefficient (Wildman–Crippen LogP) is 2.74. The smallest absolute Gasteiger partial charge is 0.312 e. The van der Waals surface area contributed by atoms with Gasteiger partial charge in [-0.25, -0.2) is 8.42 Å². The van der Waals surface area contributed by atoms with Crippen LogP contribution in [0.25, 0.3) is 0 Å². The van der Waals surface area contributed by atoms with Crippen LogP contribution < -0.4 is 5.32 Å². The van der Waals surface area contributed by atoms with Gasteiger partial charge in [0.1, 0.15) is 11.4 Å². The van der Waals surface area contributed by atoms with E-state index in [9.17, 15) is 21.6 Å². The van der Waals surface area contributed by atoms with Crippen LogP contribution in [0.1, 0.15) is 24.3 Å². The molecule has 0 radical (unpaired) electrons. The van der Waals surface area contributed by atoms with E-state index < -0.39 is 22.7 Å². The number of thiophene rings is 1. The minimum atomic E-state index is -4.56. The molecular weight excluding hydrogens is 325 g/mol. The Morgan fingerprint density at radius 1 is 1.33 bits per heavy atom. The van der Waals surface area contributed by atoms with Crippen LogP contribution in [0.4, 0.5) is 13.2 Å². The normalized spacial score (nSPS) is 13.1. The number of hydrogen-bond acceptors (Lipinski definition) is 4. The summed E-state index contributed by atoms with van der Waals surface area (Å²) >= 11 is 1.24. The van der Waals surface area contributed by atoms with Crippen LogP contribution in [-0.4, -0.2) is 38.5 Å². The van der Waals surface area contributed by atoms with Gasteiger partial charge in [-0.15, -0.1) is 11.3 Å². The highest BCUT2D eigenvalue weighted by Gasteiger charge is 2.37. The number of aryl methyl sites for hydroxylation is 1. The lowest BCUT2D eigenvalue weighted by atomic mass is 10.3. The third-order valence-corrected chi connectivity index (χ3v) is 6.22. The summed E-state index contributed by atoms with van der Waals surface area (Å²) in [4.78, 5) is 0.537. The fraction of sp³-hybridized carbons (Fsp3) is 0.667. The molecule has 1 N–H and O–H groups in total. The van der Waals surface area contributed by atoms with Crippen LogP contribution in [0.5, 0.6) is 0 Å². The summed E-state index contributed by atoms with van der Waals surface area (Å²) in [5.41, 5.74) is 0.480. The molecule has 1 aromatic heterocycles. The van der Waals surface area contributed by atoms with Crippen molar-refractivity contribution in [2.75, 3.05) is 19.6 Å². The minimum Gasteiger partial charge on any atom is -0.312 e. The number of hydrogen-bond donors (Lipinski definition) is 1. The Hall–Kier alpha value is -0.640. The largest absolute Gasteiger partial charge is 0.402 e. The van der Waals surface area contributed by atoms with Gasteiger partial charge in [0, 0.05) is 18.0 Å². The van der Waals surface area contributed by atoms with Crippen molar-refractivity contribution in [2.24, 2.45) is 0 Å².